The first-order chi connectivity index (χ1) is 13.8. The van der Waals surface area contributed by atoms with Crippen molar-refractivity contribution in [1.82, 2.24) is 0 Å². The van der Waals surface area contributed by atoms with Crippen LogP contribution in [0.15, 0.2) is 66.7 Å². The smallest absolute Gasteiger partial charge is 0.171 e. The zero-order chi connectivity index (χ0) is 20.9. The van der Waals surface area contributed by atoms with Gasteiger partial charge in [0.2, 0.25) is 0 Å². The van der Waals surface area contributed by atoms with Crippen molar-refractivity contribution in [1.29, 1.82) is 0 Å². The van der Waals surface area contributed by atoms with Crippen molar-refractivity contribution < 1.29 is 13.2 Å². The van der Waals surface area contributed by atoms with Crippen LogP contribution < -0.4 is 0 Å². The summed E-state index contributed by atoms with van der Waals surface area (Å²) in [5, 5.41) is 0. The maximum Gasteiger partial charge on any atom is 0.393 e. The van der Waals surface area contributed by atoms with Crippen molar-refractivity contribution in [2.75, 3.05) is 0 Å². The molecule has 3 aromatic carbocycles. The minimum absolute atomic E-state index is 0.256. The third-order valence-corrected chi connectivity index (χ3v) is 4.38. The normalized spacial score (nSPS) is 10.5. The first-order valence-electron chi connectivity index (χ1n) is 9.15. The van der Waals surface area contributed by atoms with Crippen LogP contribution in [0.5, 0.6) is 0 Å². The summed E-state index contributed by atoms with van der Waals surface area (Å²) >= 11 is 0. The Kier molecular flexibility index (Phi) is 6.10. The maximum atomic E-state index is 12.7. The van der Waals surface area contributed by atoms with Gasteiger partial charge in [-0.05, 0) is 73.5 Å². The van der Waals surface area contributed by atoms with Gasteiger partial charge in [-0.25, -0.2) is 0 Å². The molecular weight excluding hydrogens is 369 g/mol. The number of alkyl halides is 3. The molecule has 0 nitrogen and oxygen atoms in total. The molecule has 0 spiro atoms. The topological polar surface area (TPSA) is 0 Å². The molecular formula is C26H19F3. The van der Waals surface area contributed by atoms with E-state index in [4.69, 9.17) is 0 Å². The predicted molar refractivity (Wildman–Crippen MR) is 111 cm³/mol. The summed E-state index contributed by atoms with van der Waals surface area (Å²) in [5.41, 5.74) is 5.24. The van der Waals surface area contributed by atoms with E-state index >= 15 is 0 Å². The van der Waals surface area contributed by atoms with Crippen LogP contribution in [0.4, 0.5) is 13.2 Å². The Balaban J connectivity index is 1.73. The third kappa shape index (κ3) is 6.30. The van der Waals surface area contributed by atoms with Crippen LogP contribution in [-0.4, -0.2) is 6.18 Å². The third-order valence-electron chi connectivity index (χ3n) is 4.38. The molecule has 3 rings (SSSR count). The second-order valence-corrected chi connectivity index (χ2v) is 6.88. The van der Waals surface area contributed by atoms with Gasteiger partial charge in [0.05, 0.1) is 6.42 Å². The second kappa shape index (κ2) is 8.72. The highest BCUT2D eigenvalue weighted by Crippen LogP contribution is 2.24. The van der Waals surface area contributed by atoms with Crippen LogP contribution in [-0.2, 0) is 6.42 Å². The summed E-state index contributed by atoms with van der Waals surface area (Å²) in [6, 6.07) is 20.4. The molecule has 0 aliphatic rings. The Bertz CT molecular complexity index is 1110. The molecule has 29 heavy (non-hydrogen) atoms. The fourth-order valence-electron chi connectivity index (χ4n) is 2.72. The molecule has 0 aromatic heterocycles. The van der Waals surface area contributed by atoms with E-state index in [-0.39, 0.29) is 5.56 Å². The fraction of sp³-hybridized carbons (Fsp3) is 0.154. The lowest BCUT2D eigenvalue weighted by molar-refractivity contribution is -0.127. The monoisotopic (exact) mass is 388 g/mol. The van der Waals surface area contributed by atoms with Gasteiger partial charge < -0.3 is 0 Å². The number of hydrogen-bond donors (Lipinski definition) is 0. The van der Waals surface area contributed by atoms with Crippen molar-refractivity contribution in [3.63, 3.8) is 0 Å². The minimum Gasteiger partial charge on any atom is -0.171 e. The zero-order valence-electron chi connectivity index (χ0n) is 16.2. The Hall–Kier alpha value is -3.43. The fourth-order valence-corrected chi connectivity index (χ4v) is 2.72. The van der Waals surface area contributed by atoms with Gasteiger partial charge in [-0.15, -0.1) is 0 Å². The average Bonchev–Trinajstić information content (AvgIpc) is 2.68. The summed E-state index contributed by atoms with van der Waals surface area (Å²) < 4.78 is 38.1. The lowest BCUT2D eigenvalue weighted by atomic mass is 10.0. The second-order valence-electron chi connectivity index (χ2n) is 6.88. The van der Waals surface area contributed by atoms with Gasteiger partial charge in [0, 0.05) is 22.3 Å². The molecule has 3 aromatic rings. The Morgan fingerprint density at radius 3 is 1.52 bits per heavy atom. The molecule has 0 atom stereocenters. The summed E-state index contributed by atoms with van der Waals surface area (Å²) in [6.07, 6.45) is -5.17. The van der Waals surface area contributed by atoms with Gasteiger partial charge >= 0.3 is 6.18 Å². The number of hydrogen-bond acceptors (Lipinski definition) is 0. The number of halogens is 3. The largest absolute Gasteiger partial charge is 0.393 e. The van der Waals surface area contributed by atoms with Gasteiger partial charge in [-0.1, -0.05) is 47.4 Å². The van der Waals surface area contributed by atoms with Crippen molar-refractivity contribution >= 4 is 0 Å². The molecule has 144 valence electrons. The Morgan fingerprint density at radius 1 is 0.621 bits per heavy atom. The Labute approximate surface area is 169 Å². The van der Waals surface area contributed by atoms with Crippen molar-refractivity contribution in [2.24, 2.45) is 0 Å². The quantitative estimate of drug-likeness (QED) is 0.435. The zero-order valence-corrected chi connectivity index (χ0v) is 16.2. The van der Waals surface area contributed by atoms with E-state index in [0.717, 1.165) is 16.7 Å². The maximum absolute atomic E-state index is 12.7. The standard InChI is InChI=1S/C26H19F3/c1-19-3-6-21(7-4-19)9-10-22-11-13-23(14-12-22)15-16-24-8-5-20(2)25(17-24)18-26(27,28)29/h3-8,11-14,17H,18H2,1-2H3. The molecule has 0 aliphatic carbocycles. The Morgan fingerprint density at radius 2 is 1.03 bits per heavy atom. The highest BCUT2D eigenvalue weighted by molar-refractivity contribution is 5.49. The van der Waals surface area contributed by atoms with Crippen LogP contribution >= 0.6 is 0 Å². The lowest BCUT2D eigenvalue weighted by Crippen LogP contribution is -2.12. The van der Waals surface area contributed by atoms with E-state index in [1.165, 1.54) is 11.6 Å². The van der Waals surface area contributed by atoms with E-state index in [0.29, 0.717) is 11.1 Å². The minimum atomic E-state index is -4.23. The van der Waals surface area contributed by atoms with E-state index in [9.17, 15) is 13.2 Å². The summed E-state index contributed by atoms with van der Waals surface area (Å²) in [5.74, 6) is 12.2. The van der Waals surface area contributed by atoms with Crippen LogP contribution in [0, 0.1) is 37.5 Å². The SMILES string of the molecule is Cc1ccc(C#Cc2ccc(C#Cc3ccc(C)c(CC(F)(F)F)c3)cc2)cc1. The van der Waals surface area contributed by atoms with Gasteiger partial charge in [0.25, 0.3) is 0 Å². The molecule has 0 heterocycles. The number of aryl methyl sites for hydroxylation is 2. The van der Waals surface area contributed by atoms with Crippen LogP contribution in [0.25, 0.3) is 0 Å². The summed E-state index contributed by atoms with van der Waals surface area (Å²) in [4.78, 5) is 0. The molecule has 0 saturated carbocycles. The van der Waals surface area contributed by atoms with E-state index in [1.807, 2.05) is 55.5 Å². The number of benzene rings is 3. The van der Waals surface area contributed by atoms with Crippen molar-refractivity contribution in [2.45, 2.75) is 26.4 Å². The van der Waals surface area contributed by atoms with Crippen molar-refractivity contribution in [3.8, 4) is 23.7 Å². The summed E-state index contributed by atoms with van der Waals surface area (Å²) in [7, 11) is 0. The van der Waals surface area contributed by atoms with Crippen molar-refractivity contribution in [3.05, 3.63) is 106 Å². The molecule has 0 N–H and O–H groups in total. The first-order valence-corrected chi connectivity index (χ1v) is 9.15. The molecule has 0 unspecified atom stereocenters. The van der Waals surface area contributed by atoms with Crippen LogP contribution in [0.1, 0.15) is 38.9 Å². The highest BCUT2D eigenvalue weighted by atomic mass is 19.4. The molecule has 0 bridgehead atoms. The molecule has 3 heteroatoms. The average molecular weight is 388 g/mol. The highest BCUT2D eigenvalue weighted by Gasteiger charge is 2.28. The van der Waals surface area contributed by atoms with E-state index < -0.39 is 12.6 Å². The first kappa shape index (κ1) is 20.3. The van der Waals surface area contributed by atoms with E-state index in [1.54, 1.807) is 19.1 Å². The lowest BCUT2D eigenvalue weighted by Gasteiger charge is -2.09. The predicted octanol–water partition coefficient (Wildman–Crippen LogP) is 6.21. The number of rotatable bonds is 1. The van der Waals surface area contributed by atoms with Crippen LogP contribution in [0.3, 0.4) is 0 Å². The van der Waals surface area contributed by atoms with E-state index in [2.05, 4.69) is 23.7 Å². The van der Waals surface area contributed by atoms with Crippen LogP contribution in [0.2, 0.25) is 0 Å². The molecule has 0 fully saturated rings. The van der Waals surface area contributed by atoms with Gasteiger partial charge in [-0.2, -0.15) is 13.2 Å². The van der Waals surface area contributed by atoms with Gasteiger partial charge in [-0.3, -0.25) is 0 Å². The summed E-state index contributed by atoms with van der Waals surface area (Å²) in [6.45, 7) is 3.71. The molecule has 0 saturated heterocycles. The molecule has 0 amide bonds. The molecule has 0 radical (unpaired) electrons. The van der Waals surface area contributed by atoms with Gasteiger partial charge in [0.15, 0.2) is 0 Å². The van der Waals surface area contributed by atoms with Gasteiger partial charge in [0.1, 0.15) is 0 Å². The molecule has 0 aliphatic heterocycles.